The molecule has 2 aliphatic rings. The molecule has 3 heterocycles. The summed E-state index contributed by atoms with van der Waals surface area (Å²) in [4.78, 5) is 25.4. The Hall–Kier alpha value is -3.78. The summed E-state index contributed by atoms with van der Waals surface area (Å²) in [6.45, 7) is 1.62. The van der Waals surface area contributed by atoms with Crippen LogP contribution >= 0.6 is 0 Å². The second kappa shape index (κ2) is 9.61. The van der Waals surface area contributed by atoms with Gasteiger partial charge in [0.2, 0.25) is 11.9 Å². The minimum Gasteiger partial charge on any atom is -0.493 e. The zero-order chi connectivity index (χ0) is 23.5. The van der Waals surface area contributed by atoms with Gasteiger partial charge in [0.25, 0.3) is 0 Å². The largest absolute Gasteiger partial charge is 0.493 e. The summed E-state index contributed by atoms with van der Waals surface area (Å²) in [6.07, 6.45) is 3.65. The van der Waals surface area contributed by atoms with E-state index in [1.807, 2.05) is 18.2 Å². The molecule has 1 aromatic heterocycles. The number of anilines is 1. The van der Waals surface area contributed by atoms with Gasteiger partial charge in [0.1, 0.15) is 5.75 Å². The maximum Gasteiger partial charge on any atom is 0.224 e. The van der Waals surface area contributed by atoms with E-state index in [4.69, 9.17) is 20.2 Å². The summed E-state index contributed by atoms with van der Waals surface area (Å²) in [7, 11) is 1.62. The Labute approximate surface area is 198 Å². The summed E-state index contributed by atoms with van der Waals surface area (Å²) < 4.78 is 11.0. The van der Waals surface area contributed by atoms with Gasteiger partial charge in [0, 0.05) is 43.5 Å². The number of ether oxygens (including phenoxy) is 2. The van der Waals surface area contributed by atoms with Gasteiger partial charge in [-0.2, -0.15) is 0 Å². The molecule has 0 saturated heterocycles. The fourth-order valence-electron chi connectivity index (χ4n) is 4.45. The van der Waals surface area contributed by atoms with E-state index >= 15 is 0 Å². The van der Waals surface area contributed by atoms with Gasteiger partial charge in [-0.25, -0.2) is 9.97 Å². The lowest BCUT2D eigenvalue weighted by Gasteiger charge is -2.26. The third-order valence-electron chi connectivity index (χ3n) is 6.19. The van der Waals surface area contributed by atoms with Gasteiger partial charge < -0.3 is 20.5 Å². The Morgan fingerprint density at radius 2 is 2.12 bits per heavy atom. The second-order valence-corrected chi connectivity index (χ2v) is 8.60. The quantitative estimate of drug-likeness (QED) is 0.528. The number of amides is 1. The van der Waals surface area contributed by atoms with Crippen molar-refractivity contribution in [3.63, 3.8) is 0 Å². The van der Waals surface area contributed by atoms with Crippen molar-refractivity contribution in [2.45, 2.75) is 19.3 Å². The molecule has 1 unspecified atom stereocenters. The first-order chi connectivity index (χ1) is 16.6. The van der Waals surface area contributed by atoms with Gasteiger partial charge in [0.05, 0.1) is 31.0 Å². The van der Waals surface area contributed by atoms with E-state index in [1.54, 1.807) is 13.3 Å². The van der Waals surface area contributed by atoms with Crippen LogP contribution in [0.2, 0.25) is 0 Å². The Kier molecular flexibility index (Phi) is 6.22. The SMILES string of the molecule is COCCNC(=O)Cc1ccc2c(c1)CC(C1=Nc3cc(-c4ccnc(N)n4)ccc3C1)CO2. The van der Waals surface area contributed by atoms with Crippen molar-refractivity contribution >= 4 is 23.3 Å². The van der Waals surface area contributed by atoms with Crippen molar-refractivity contribution < 1.29 is 14.3 Å². The maximum atomic E-state index is 12.2. The molecule has 174 valence electrons. The molecule has 0 radical (unpaired) electrons. The van der Waals surface area contributed by atoms with Crippen LogP contribution in [-0.2, 0) is 28.8 Å². The summed E-state index contributed by atoms with van der Waals surface area (Å²) >= 11 is 0. The third kappa shape index (κ3) is 4.77. The Bertz CT molecular complexity index is 1260. The number of carbonyl (C=O) groups is 1. The topological polar surface area (TPSA) is 112 Å². The Morgan fingerprint density at radius 3 is 2.97 bits per heavy atom. The highest BCUT2D eigenvalue weighted by Crippen LogP contribution is 2.36. The van der Waals surface area contributed by atoms with Crippen LogP contribution in [0.5, 0.6) is 5.75 Å². The first-order valence-electron chi connectivity index (χ1n) is 11.4. The van der Waals surface area contributed by atoms with Crippen molar-refractivity contribution in [2.75, 3.05) is 32.6 Å². The number of nitrogens with two attached hydrogens (primary N) is 1. The van der Waals surface area contributed by atoms with E-state index < -0.39 is 0 Å². The average Bonchev–Trinajstić information content (AvgIpc) is 3.27. The van der Waals surface area contributed by atoms with Gasteiger partial charge in [-0.05, 0) is 41.3 Å². The molecule has 3 N–H and O–H groups in total. The minimum absolute atomic E-state index is 0.0119. The molecule has 2 aliphatic heterocycles. The number of nitrogen functional groups attached to an aromatic ring is 1. The molecule has 2 aromatic carbocycles. The number of nitrogens with zero attached hydrogens (tertiary/aromatic N) is 3. The molecule has 5 rings (SSSR count). The van der Waals surface area contributed by atoms with Crippen LogP contribution in [0.15, 0.2) is 53.7 Å². The number of aromatic nitrogens is 2. The number of fused-ring (bicyclic) bond motifs is 2. The molecule has 8 nitrogen and oxygen atoms in total. The van der Waals surface area contributed by atoms with E-state index in [-0.39, 0.29) is 17.8 Å². The predicted molar refractivity (Wildman–Crippen MR) is 130 cm³/mol. The molecule has 34 heavy (non-hydrogen) atoms. The fraction of sp³-hybridized carbons (Fsp3) is 0.308. The molecule has 1 atom stereocenters. The van der Waals surface area contributed by atoms with Crippen LogP contribution in [0.1, 0.15) is 16.7 Å². The molecule has 0 aliphatic carbocycles. The van der Waals surface area contributed by atoms with E-state index in [2.05, 4.69) is 39.6 Å². The monoisotopic (exact) mass is 457 g/mol. The highest BCUT2D eigenvalue weighted by molar-refractivity contribution is 5.96. The lowest BCUT2D eigenvalue weighted by molar-refractivity contribution is -0.120. The van der Waals surface area contributed by atoms with Crippen LogP contribution in [0, 0.1) is 5.92 Å². The van der Waals surface area contributed by atoms with Crippen molar-refractivity contribution in [1.82, 2.24) is 15.3 Å². The van der Waals surface area contributed by atoms with E-state index in [0.29, 0.717) is 26.2 Å². The zero-order valence-corrected chi connectivity index (χ0v) is 19.1. The van der Waals surface area contributed by atoms with Gasteiger partial charge in [-0.15, -0.1) is 0 Å². The van der Waals surface area contributed by atoms with Crippen molar-refractivity contribution in [1.29, 1.82) is 0 Å². The van der Waals surface area contributed by atoms with Gasteiger partial charge in [-0.3, -0.25) is 9.79 Å². The molecular formula is C26H27N5O3. The maximum absolute atomic E-state index is 12.2. The second-order valence-electron chi connectivity index (χ2n) is 8.60. The molecule has 0 bridgehead atoms. The van der Waals surface area contributed by atoms with E-state index in [0.717, 1.165) is 52.4 Å². The van der Waals surface area contributed by atoms with Crippen LogP contribution in [0.4, 0.5) is 11.6 Å². The van der Waals surface area contributed by atoms with E-state index in [9.17, 15) is 4.79 Å². The predicted octanol–water partition coefficient (Wildman–Crippen LogP) is 2.91. The van der Waals surface area contributed by atoms with Crippen molar-refractivity contribution in [2.24, 2.45) is 10.9 Å². The van der Waals surface area contributed by atoms with Crippen LogP contribution < -0.4 is 15.8 Å². The van der Waals surface area contributed by atoms with Crippen molar-refractivity contribution in [3.05, 3.63) is 65.4 Å². The Balaban J connectivity index is 1.29. The van der Waals surface area contributed by atoms with Crippen LogP contribution in [0.25, 0.3) is 11.3 Å². The smallest absolute Gasteiger partial charge is 0.224 e. The number of carbonyl (C=O) groups excluding carboxylic acids is 1. The zero-order valence-electron chi connectivity index (χ0n) is 19.1. The number of hydrogen-bond donors (Lipinski definition) is 2. The minimum atomic E-state index is -0.0119. The number of nitrogens with one attached hydrogen (secondary N) is 1. The third-order valence-corrected chi connectivity index (χ3v) is 6.19. The first-order valence-corrected chi connectivity index (χ1v) is 11.4. The molecule has 8 heteroatoms. The molecule has 0 saturated carbocycles. The first kappa shape index (κ1) is 22.0. The summed E-state index contributed by atoms with van der Waals surface area (Å²) in [5.41, 5.74) is 12.9. The molecular weight excluding hydrogens is 430 g/mol. The lowest BCUT2D eigenvalue weighted by atomic mass is 9.89. The number of aliphatic imine (C=N–C) groups is 1. The highest BCUT2D eigenvalue weighted by Gasteiger charge is 2.28. The fourth-order valence-corrected chi connectivity index (χ4v) is 4.45. The average molecular weight is 458 g/mol. The summed E-state index contributed by atoms with van der Waals surface area (Å²) in [5, 5.41) is 2.87. The number of benzene rings is 2. The standard InChI is InChI=1S/C26H27N5O3/c1-33-9-8-28-25(32)11-16-2-5-24-19(10-16)12-20(15-34-24)23-14-18-4-3-17(13-22(18)30-23)21-6-7-29-26(27)31-21/h2-7,10,13,20H,8-9,11-12,14-15H2,1H3,(H,28,32)(H2,27,29,31). The van der Waals surface area contributed by atoms with E-state index in [1.165, 1.54) is 5.56 Å². The molecule has 3 aromatic rings. The highest BCUT2D eigenvalue weighted by atomic mass is 16.5. The molecule has 0 fully saturated rings. The summed E-state index contributed by atoms with van der Waals surface area (Å²) in [5.74, 6) is 1.33. The lowest BCUT2D eigenvalue weighted by Crippen LogP contribution is -2.29. The number of rotatable bonds is 7. The van der Waals surface area contributed by atoms with Gasteiger partial charge >= 0.3 is 0 Å². The Morgan fingerprint density at radius 1 is 1.21 bits per heavy atom. The molecule has 1 amide bonds. The number of hydrogen-bond acceptors (Lipinski definition) is 7. The van der Waals surface area contributed by atoms with Gasteiger partial charge in [0.15, 0.2) is 0 Å². The van der Waals surface area contributed by atoms with Gasteiger partial charge in [-0.1, -0.05) is 24.3 Å². The normalized spacial score (nSPS) is 16.3. The van der Waals surface area contributed by atoms with Crippen molar-refractivity contribution in [3.8, 4) is 17.0 Å². The number of methoxy groups -OCH3 is 1. The summed E-state index contributed by atoms with van der Waals surface area (Å²) in [6, 6.07) is 14.1. The molecule has 0 spiro atoms. The van der Waals surface area contributed by atoms with Crippen LogP contribution in [0.3, 0.4) is 0 Å². The van der Waals surface area contributed by atoms with Crippen LogP contribution in [-0.4, -0.2) is 48.5 Å².